The quantitative estimate of drug-likeness (QED) is 0.0261. The fourth-order valence-electron chi connectivity index (χ4n) is 8.44. The van der Waals surface area contributed by atoms with Crippen molar-refractivity contribution in [3.8, 4) is 0 Å². The van der Waals surface area contributed by atoms with Crippen molar-refractivity contribution in [2.75, 3.05) is 13.2 Å². The zero-order valence-corrected chi connectivity index (χ0v) is 51.5. The first-order valence-electron chi connectivity index (χ1n) is 32.5. The van der Waals surface area contributed by atoms with E-state index in [0.717, 1.165) is 167 Å². The van der Waals surface area contributed by atoms with Crippen LogP contribution in [0.5, 0.6) is 0 Å². The Morgan fingerprint density at radius 3 is 0.775 bits per heavy atom. The second-order valence-corrected chi connectivity index (χ2v) is 20.9. The number of hydrogen-bond donors (Lipinski definition) is 0. The SMILES string of the molecule is CC/C=C\C/C=C\C/C=C\C/C=C\C/C=C\C/C=C\C/C=C\CCCCCC(=O)OCC(COC(=O)CCCCCCC/C=C\C/C=C\CCCCCC)OC(=O)CCCCCCCCCC/C=C\C/C=C\C/C=C\C/C=C\CC. The molecule has 0 saturated heterocycles. The van der Waals surface area contributed by atoms with Gasteiger partial charge in [-0.3, -0.25) is 14.4 Å². The van der Waals surface area contributed by atoms with E-state index in [9.17, 15) is 14.4 Å². The van der Waals surface area contributed by atoms with Crippen molar-refractivity contribution in [3.63, 3.8) is 0 Å². The van der Waals surface area contributed by atoms with Crippen LogP contribution < -0.4 is 0 Å². The molecule has 0 heterocycles. The van der Waals surface area contributed by atoms with Gasteiger partial charge in [-0.2, -0.15) is 0 Å². The first kappa shape index (κ1) is 75.0. The Morgan fingerprint density at radius 1 is 0.263 bits per heavy atom. The van der Waals surface area contributed by atoms with Gasteiger partial charge in [-0.15, -0.1) is 0 Å². The molecule has 6 nitrogen and oxygen atoms in total. The highest BCUT2D eigenvalue weighted by atomic mass is 16.6. The van der Waals surface area contributed by atoms with Crippen LogP contribution in [-0.2, 0) is 28.6 Å². The van der Waals surface area contributed by atoms with E-state index in [1.807, 2.05) is 0 Å². The maximum Gasteiger partial charge on any atom is 0.306 e. The van der Waals surface area contributed by atoms with E-state index in [0.29, 0.717) is 19.3 Å². The first-order chi connectivity index (χ1) is 39.5. The van der Waals surface area contributed by atoms with Gasteiger partial charge >= 0.3 is 17.9 Å². The Bertz CT molecular complexity index is 1790. The molecule has 0 rings (SSSR count). The van der Waals surface area contributed by atoms with Gasteiger partial charge in [0.05, 0.1) is 0 Å². The summed E-state index contributed by atoms with van der Waals surface area (Å²) in [6, 6.07) is 0. The van der Waals surface area contributed by atoms with Crippen LogP contribution in [0.15, 0.2) is 158 Å². The molecule has 0 aromatic rings. The number of carbonyl (C=O) groups is 3. The van der Waals surface area contributed by atoms with Crippen molar-refractivity contribution >= 4 is 17.9 Å². The molecular formula is C74H118O6. The van der Waals surface area contributed by atoms with Crippen LogP contribution in [-0.4, -0.2) is 37.2 Å². The van der Waals surface area contributed by atoms with Gasteiger partial charge in [-0.05, 0) is 148 Å². The third-order valence-corrected chi connectivity index (χ3v) is 13.2. The predicted molar refractivity (Wildman–Crippen MR) is 348 cm³/mol. The lowest BCUT2D eigenvalue weighted by atomic mass is 10.1. The molecule has 0 aliphatic heterocycles. The molecule has 0 radical (unpaired) electrons. The normalized spacial score (nSPS) is 13.2. The fraction of sp³-hybridized carbons (Fsp3) is 0.608. The standard InChI is InChI=1S/C74H118O6/c1-4-7-10-13-16-19-22-25-28-31-33-35-36-37-38-40-41-43-46-49-52-55-58-61-64-67-73(76)79-70-71(69-78-72(75)66-63-60-57-54-51-48-45-30-27-24-21-18-15-12-9-6-3)80-74(77)68-65-62-59-56-53-50-47-44-42-39-34-32-29-26-23-20-17-14-11-8-5-2/h7-8,10-11,16-17,19-21,24-26,28-30,33-35,37-39,41,43,45,49,52,71H,4-6,9,12-15,18,22-23,27,31-32,36,40,42,44,46-48,50-51,53-70H2,1-3H3/b10-7-,11-8-,19-16-,20-17-,24-21-,28-25-,29-26-,35-33-,38-37-,39-34-,43-41-,45-30-,52-49-. The van der Waals surface area contributed by atoms with Gasteiger partial charge < -0.3 is 14.2 Å². The minimum absolute atomic E-state index is 0.106. The highest BCUT2D eigenvalue weighted by Gasteiger charge is 2.19. The molecule has 0 aromatic carbocycles. The molecule has 0 aliphatic carbocycles. The van der Waals surface area contributed by atoms with E-state index in [1.165, 1.54) is 64.2 Å². The maximum atomic E-state index is 12.9. The third-order valence-electron chi connectivity index (χ3n) is 13.2. The van der Waals surface area contributed by atoms with Crippen molar-refractivity contribution in [2.45, 2.75) is 277 Å². The largest absolute Gasteiger partial charge is 0.462 e. The molecule has 1 atom stereocenters. The van der Waals surface area contributed by atoms with Gasteiger partial charge in [-0.25, -0.2) is 0 Å². The fourth-order valence-corrected chi connectivity index (χ4v) is 8.44. The van der Waals surface area contributed by atoms with E-state index >= 15 is 0 Å². The minimum Gasteiger partial charge on any atom is -0.462 e. The van der Waals surface area contributed by atoms with E-state index < -0.39 is 6.10 Å². The summed E-state index contributed by atoms with van der Waals surface area (Å²) in [5.41, 5.74) is 0. The Labute approximate surface area is 492 Å². The number of esters is 3. The molecular weight excluding hydrogens is 985 g/mol. The maximum absolute atomic E-state index is 12.9. The summed E-state index contributed by atoms with van der Waals surface area (Å²) in [6.07, 6.45) is 96.7. The number of allylic oxidation sites excluding steroid dienone is 26. The topological polar surface area (TPSA) is 78.9 Å². The lowest BCUT2D eigenvalue weighted by Gasteiger charge is -2.18. The molecule has 0 N–H and O–H groups in total. The second-order valence-electron chi connectivity index (χ2n) is 20.9. The van der Waals surface area contributed by atoms with Gasteiger partial charge in [0.15, 0.2) is 6.10 Å². The smallest absolute Gasteiger partial charge is 0.306 e. The average molecular weight is 1100 g/mol. The van der Waals surface area contributed by atoms with Crippen molar-refractivity contribution in [1.82, 2.24) is 0 Å². The summed E-state index contributed by atoms with van der Waals surface area (Å²) < 4.78 is 16.9. The predicted octanol–water partition coefficient (Wildman–Crippen LogP) is 22.5. The molecule has 450 valence electrons. The van der Waals surface area contributed by atoms with E-state index in [2.05, 4.69) is 179 Å². The van der Waals surface area contributed by atoms with Gasteiger partial charge in [0, 0.05) is 19.3 Å². The van der Waals surface area contributed by atoms with Crippen molar-refractivity contribution in [1.29, 1.82) is 0 Å². The summed E-state index contributed by atoms with van der Waals surface area (Å²) >= 11 is 0. The van der Waals surface area contributed by atoms with Crippen molar-refractivity contribution in [3.05, 3.63) is 158 Å². The summed E-state index contributed by atoms with van der Waals surface area (Å²) in [7, 11) is 0. The van der Waals surface area contributed by atoms with Crippen LogP contribution in [0.4, 0.5) is 0 Å². The number of unbranched alkanes of at least 4 members (excludes halogenated alkanes) is 20. The number of hydrogen-bond acceptors (Lipinski definition) is 6. The van der Waals surface area contributed by atoms with Gasteiger partial charge in [0.25, 0.3) is 0 Å². The van der Waals surface area contributed by atoms with Crippen LogP contribution in [0, 0.1) is 0 Å². The molecule has 0 saturated carbocycles. The zero-order valence-electron chi connectivity index (χ0n) is 51.5. The van der Waals surface area contributed by atoms with Gasteiger partial charge in [0.1, 0.15) is 13.2 Å². The van der Waals surface area contributed by atoms with Crippen LogP contribution in [0.2, 0.25) is 0 Å². The van der Waals surface area contributed by atoms with E-state index in [-0.39, 0.29) is 31.1 Å². The Morgan fingerprint density at radius 2 is 0.487 bits per heavy atom. The number of ether oxygens (including phenoxy) is 3. The first-order valence-corrected chi connectivity index (χ1v) is 32.5. The van der Waals surface area contributed by atoms with Crippen molar-refractivity contribution < 1.29 is 28.6 Å². The summed E-state index contributed by atoms with van der Waals surface area (Å²) in [5, 5.41) is 0. The molecule has 80 heavy (non-hydrogen) atoms. The molecule has 1 unspecified atom stereocenters. The Kier molecular flexibility index (Phi) is 62.4. The summed E-state index contributed by atoms with van der Waals surface area (Å²) in [4.78, 5) is 38.4. The second kappa shape index (κ2) is 66.5. The van der Waals surface area contributed by atoms with E-state index in [1.54, 1.807) is 0 Å². The molecule has 0 spiro atoms. The third kappa shape index (κ3) is 63.9. The Hall–Kier alpha value is -4.97. The van der Waals surface area contributed by atoms with Crippen LogP contribution in [0.25, 0.3) is 0 Å². The number of carbonyl (C=O) groups excluding carboxylic acids is 3. The van der Waals surface area contributed by atoms with Gasteiger partial charge in [0.2, 0.25) is 0 Å². The molecule has 0 amide bonds. The molecule has 0 aromatic heterocycles. The lowest BCUT2D eigenvalue weighted by molar-refractivity contribution is -0.167. The van der Waals surface area contributed by atoms with Crippen molar-refractivity contribution in [2.24, 2.45) is 0 Å². The minimum atomic E-state index is -0.812. The van der Waals surface area contributed by atoms with Gasteiger partial charge in [-0.1, -0.05) is 262 Å². The average Bonchev–Trinajstić information content (AvgIpc) is 3.46. The molecule has 0 aliphatic rings. The van der Waals surface area contributed by atoms with E-state index in [4.69, 9.17) is 14.2 Å². The van der Waals surface area contributed by atoms with Crippen LogP contribution in [0.3, 0.4) is 0 Å². The van der Waals surface area contributed by atoms with Crippen LogP contribution in [0.1, 0.15) is 271 Å². The summed E-state index contributed by atoms with van der Waals surface area (Å²) in [6.45, 7) is 6.35. The van der Waals surface area contributed by atoms with Crippen LogP contribution >= 0.6 is 0 Å². The highest BCUT2D eigenvalue weighted by molar-refractivity contribution is 5.71. The number of rotatable bonds is 57. The monoisotopic (exact) mass is 1100 g/mol. The highest BCUT2D eigenvalue weighted by Crippen LogP contribution is 2.14. The summed E-state index contributed by atoms with van der Waals surface area (Å²) in [5.74, 6) is -0.961. The Balaban J connectivity index is 4.51. The zero-order chi connectivity index (χ0) is 57.8. The lowest BCUT2D eigenvalue weighted by Crippen LogP contribution is -2.30. The molecule has 6 heteroatoms. The molecule has 0 fully saturated rings. The molecule has 0 bridgehead atoms.